The molecule has 0 aromatic heterocycles. The van der Waals surface area contributed by atoms with Gasteiger partial charge in [-0.25, -0.2) is 8.78 Å². The Bertz CT molecular complexity index is 571. The summed E-state index contributed by atoms with van der Waals surface area (Å²) in [6.45, 7) is 3.92. The van der Waals surface area contributed by atoms with Crippen LogP contribution in [0.5, 0.6) is 0 Å². The quantitative estimate of drug-likeness (QED) is 0.791. The summed E-state index contributed by atoms with van der Waals surface area (Å²) >= 11 is 0. The lowest BCUT2D eigenvalue weighted by Gasteiger charge is -2.11. The Hall–Kier alpha value is -2.10. The van der Waals surface area contributed by atoms with Crippen molar-refractivity contribution in [1.29, 1.82) is 0 Å². The van der Waals surface area contributed by atoms with Crippen LogP contribution in [0.4, 0.5) is 25.8 Å². The minimum Gasteiger partial charge on any atom is -0.399 e. The molecule has 94 valence electrons. The Balaban J connectivity index is 2.37. The van der Waals surface area contributed by atoms with Crippen molar-refractivity contribution in [2.75, 3.05) is 11.1 Å². The third-order valence-electron chi connectivity index (χ3n) is 2.84. The summed E-state index contributed by atoms with van der Waals surface area (Å²) in [5.41, 5.74) is 8.05. The van der Waals surface area contributed by atoms with Crippen LogP contribution in [-0.2, 0) is 0 Å². The maximum atomic E-state index is 13.6. The molecule has 0 amide bonds. The fourth-order valence-electron chi connectivity index (χ4n) is 1.68. The van der Waals surface area contributed by atoms with Crippen LogP contribution >= 0.6 is 0 Å². The molecule has 0 saturated heterocycles. The summed E-state index contributed by atoms with van der Waals surface area (Å²) < 4.78 is 27.2. The van der Waals surface area contributed by atoms with Gasteiger partial charge in [0.05, 0.1) is 0 Å². The van der Waals surface area contributed by atoms with E-state index in [1.54, 1.807) is 6.07 Å². The van der Waals surface area contributed by atoms with Crippen molar-refractivity contribution in [1.82, 2.24) is 0 Å². The first-order chi connectivity index (χ1) is 8.47. The first-order valence-electron chi connectivity index (χ1n) is 5.56. The number of rotatable bonds is 2. The predicted octanol–water partition coefficient (Wildman–Crippen LogP) is 3.91. The van der Waals surface area contributed by atoms with Crippen LogP contribution in [0.2, 0.25) is 0 Å². The Labute approximate surface area is 104 Å². The van der Waals surface area contributed by atoms with E-state index in [-0.39, 0.29) is 11.4 Å². The summed E-state index contributed by atoms with van der Waals surface area (Å²) in [5, 5.41) is 2.73. The summed E-state index contributed by atoms with van der Waals surface area (Å²) in [6.07, 6.45) is 0. The molecule has 0 heterocycles. The lowest BCUT2D eigenvalue weighted by Crippen LogP contribution is -2.00. The van der Waals surface area contributed by atoms with E-state index in [0.29, 0.717) is 5.69 Å². The summed E-state index contributed by atoms with van der Waals surface area (Å²) in [4.78, 5) is 0. The second-order valence-electron chi connectivity index (χ2n) is 4.28. The number of aryl methyl sites for hydroxylation is 2. The van der Waals surface area contributed by atoms with E-state index in [0.717, 1.165) is 23.3 Å². The van der Waals surface area contributed by atoms with Gasteiger partial charge in [-0.1, -0.05) is 6.07 Å². The third kappa shape index (κ3) is 2.42. The van der Waals surface area contributed by atoms with Crippen molar-refractivity contribution in [3.63, 3.8) is 0 Å². The molecule has 3 N–H and O–H groups in total. The van der Waals surface area contributed by atoms with Crippen LogP contribution < -0.4 is 11.1 Å². The number of nitrogens with two attached hydrogens (primary N) is 1. The molecule has 0 atom stereocenters. The zero-order chi connectivity index (χ0) is 13.3. The minimum absolute atomic E-state index is 0.0654. The second-order valence-corrected chi connectivity index (χ2v) is 4.28. The van der Waals surface area contributed by atoms with Gasteiger partial charge < -0.3 is 11.1 Å². The van der Waals surface area contributed by atoms with Crippen LogP contribution in [0.25, 0.3) is 0 Å². The standard InChI is InChI=1S/C14H14F2N2/c1-8-3-4-11(5-9(8)2)18-14-12(15)6-10(17)7-13(14)16/h3-7,18H,17H2,1-2H3. The highest BCUT2D eigenvalue weighted by atomic mass is 19.1. The monoisotopic (exact) mass is 248 g/mol. The lowest BCUT2D eigenvalue weighted by molar-refractivity contribution is 0.592. The van der Waals surface area contributed by atoms with Crippen molar-refractivity contribution in [3.05, 3.63) is 53.1 Å². The SMILES string of the molecule is Cc1ccc(Nc2c(F)cc(N)cc2F)cc1C. The summed E-state index contributed by atoms with van der Waals surface area (Å²) in [7, 11) is 0. The molecule has 0 aliphatic rings. The largest absolute Gasteiger partial charge is 0.399 e. The molecule has 0 aliphatic heterocycles. The molecule has 2 rings (SSSR count). The van der Waals surface area contributed by atoms with Gasteiger partial charge in [0.25, 0.3) is 0 Å². The normalized spacial score (nSPS) is 10.4. The van der Waals surface area contributed by atoms with Crippen molar-refractivity contribution in [2.24, 2.45) is 0 Å². The Morgan fingerprint density at radius 2 is 1.56 bits per heavy atom. The molecule has 18 heavy (non-hydrogen) atoms. The van der Waals surface area contributed by atoms with Crippen molar-refractivity contribution in [3.8, 4) is 0 Å². The van der Waals surface area contributed by atoms with E-state index in [1.165, 1.54) is 0 Å². The van der Waals surface area contributed by atoms with Crippen molar-refractivity contribution < 1.29 is 8.78 Å². The molecule has 0 saturated carbocycles. The molecule has 2 nitrogen and oxygen atoms in total. The average molecular weight is 248 g/mol. The van der Waals surface area contributed by atoms with Crippen molar-refractivity contribution in [2.45, 2.75) is 13.8 Å². The summed E-state index contributed by atoms with van der Waals surface area (Å²) in [6, 6.07) is 7.69. The Kier molecular flexibility index (Phi) is 3.19. The summed E-state index contributed by atoms with van der Waals surface area (Å²) in [5.74, 6) is -1.41. The van der Waals surface area contributed by atoms with Crippen LogP contribution in [0, 0.1) is 25.5 Å². The fraction of sp³-hybridized carbons (Fsp3) is 0.143. The van der Waals surface area contributed by atoms with Gasteiger partial charge in [-0.15, -0.1) is 0 Å². The predicted molar refractivity (Wildman–Crippen MR) is 70.0 cm³/mol. The van der Waals surface area contributed by atoms with Crippen LogP contribution in [0.15, 0.2) is 30.3 Å². The van der Waals surface area contributed by atoms with Gasteiger partial charge in [-0.05, 0) is 49.2 Å². The van der Waals surface area contributed by atoms with E-state index < -0.39 is 11.6 Å². The van der Waals surface area contributed by atoms with E-state index in [9.17, 15) is 8.78 Å². The Morgan fingerprint density at radius 3 is 2.11 bits per heavy atom. The van der Waals surface area contributed by atoms with Gasteiger partial charge in [0, 0.05) is 11.4 Å². The highest BCUT2D eigenvalue weighted by molar-refractivity contribution is 5.64. The number of hydrogen-bond acceptors (Lipinski definition) is 2. The minimum atomic E-state index is -0.703. The number of nitrogens with one attached hydrogen (secondary N) is 1. The first kappa shape index (κ1) is 12.4. The highest BCUT2D eigenvalue weighted by Crippen LogP contribution is 2.26. The number of halogens is 2. The van der Waals surface area contributed by atoms with Gasteiger partial charge >= 0.3 is 0 Å². The second kappa shape index (κ2) is 4.64. The van der Waals surface area contributed by atoms with E-state index >= 15 is 0 Å². The van der Waals surface area contributed by atoms with E-state index in [1.807, 2.05) is 26.0 Å². The molecule has 0 fully saturated rings. The molecule has 0 aliphatic carbocycles. The van der Waals surface area contributed by atoms with Gasteiger partial charge in [-0.3, -0.25) is 0 Å². The molecule has 2 aromatic rings. The highest BCUT2D eigenvalue weighted by Gasteiger charge is 2.10. The van der Waals surface area contributed by atoms with Gasteiger partial charge in [0.1, 0.15) is 5.69 Å². The molecule has 0 radical (unpaired) electrons. The average Bonchev–Trinajstić information content (AvgIpc) is 2.28. The maximum absolute atomic E-state index is 13.6. The Morgan fingerprint density at radius 1 is 0.944 bits per heavy atom. The number of hydrogen-bond donors (Lipinski definition) is 2. The van der Waals surface area contributed by atoms with E-state index in [4.69, 9.17) is 5.73 Å². The van der Waals surface area contributed by atoms with Crippen LogP contribution in [0.1, 0.15) is 11.1 Å². The molecule has 0 unspecified atom stereocenters. The first-order valence-corrected chi connectivity index (χ1v) is 5.56. The number of nitrogen functional groups attached to an aromatic ring is 1. The molecule has 0 bridgehead atoms. The lowest BCUT2D eigenvalue weighted by atomic mass is 10.1. The third-order valence-corrected chi connectivity index (χ3v) is 2.84. The van der Waals surface area contributed by atoms with Gasteiger partial charge in [0.2, 0.25) is 0 Å². The molecule has 4 heteroatoms. The molecular formula is C14H14F2N2. The topological polar surface area (TPSA) is 38.0 Å². The molecule has 2 aromatic carbocycles. The van der Waals surface area contributed by atoms with E-state index in [2.05, 4.69) is 5.32 Å². The molecule has 0 spiro atoms. The van der Waals surface area contributed by atoms with Gasteiger partial charge in [-0.2, -0.15) is 0 Å². The zero-order valence-corrected chi connectivity index (χ0v) is 10.2. The van der Waals surface area contributed by atoms with Crippen LogP contribution in [0.3, 0.4) is 0 Å². The maximum Gasteiger partial charge on any atom is 0.151 e. The fourth-order valence-corrected chi connectivity index (χ4v) is 1.68. The van der Waals surface area contributed by atoms with Crippen molar-refractivity contribution >= 4 is 17.1 Å². The smallest absolute Gasteiger partial charge is 0.151 e. The van der Waals surface area contributed by atoms with Crippen LogP contribution in [-0.4, -0.2) is 0 Å². The zero-order valence-electron chi connectivity index (χ0n) is 10.2. The molecular weight excluding hydrogens is 234 g/mol. The number of anilines is 3. The van der Waals surface area contributed by atoms with Gasteiger partial charge in [0.15, 0.2) is 11.6 Å². The number of benzene rings is 2.